The van der Waals surface area contributed by atoms with Gasteiger partial charge < -0.3 is 26.2 Å². The van der Waals surface area contributed by atoms with Crippen LogP contribution in [0.1, 0.15) is 25.3 Å². The fourth-order valence-electron chi connectivity index (χ4n) is 4.89. The number of hydrogen-bond acceptors (Lipinski definition) is 7. The predicted octanol–water partition coefficient (Wildman–Crippen LogP) is -0.962. The van der Waals surface area contributed by atoms with Crippen LogP contribution in [0.2, 0.25) is 0 Å². The maximum absolute atomic E-state index is 13.5. The fraction of sp³-hybridized carbons (Fsp3) is 0.565. The Morgan fingerprint density at radius 2 is 1.97 bits per heavy atom. The first-order valence-electron chi connectivity index (χ1n) is 11.6. The Kier molecular flexibility index (Phi) is 8.37. The molecule has 1 aromatic carbocycles. The van der Waals surface area contributed by atoms with Gasteiger partial charge >= 0.3 is 12.0 Å². The largest absolute Gasteiger partial charge is 0.521 e. The zero-order chi connectivity index (χ0) is 24.9. The normalized spacial score (nSPS) is 27.7. The van der Waals surface area contributed by atoms with Gasteiger partial charge in [0.2, 0.25) is 11.8 Å². The average molecular weight is 477 g/mol. The van der Waals surface area contributed by atoms with E-state index in [1.54, 1.807) is 6.92 Å². The highest BCUT2D eigenvalue weighted by atomic mass is 16.4. The second-order valence-electron chi connectivity index (χ2n) is 9.05. The molecule has 0 aliphatic carbocycles. The molecule has 2 saturated heterocycles. The highest BCUT2D eigenvalue weighted by Gasteiger charge is 2.59. The molecule has 11 nitrogen and oxygen atoms in total. The van der Waals surface area contributed by atoms with Crippen molar-refractivity contribution in [1.29, 1.82) is 0 Å². The van der Waals surface area contributed by atoms with E-state index in [4.69, 9.17) is 5.73 Å². The van der Waals surface area contributed by atoms with Crippen LogP contribution in [0.4, 0.5) is 4.79 Å². The van der Waals surface area contributed by atoms with Crippen molar-refractivity contribution in [2.45, 2.75) is 50.4 Å². The summed E-state index contributed by atoms with van der Waals surface area (Å²) in [4.78, 5) is 51.8. The van der Waals surface area contributed by atoms with Crippen LogP contribution in [0.15, 0.2) is 30.3 Å². The van der Waals surface area contributed by atoms with Gasteiger partial charge in [-0.2, -0.15) is 9.28 Å². The average Bonchev–Trinajstić information content (AvgIpc) is 3.18. The lowest BCUT2D eigenvalue weighted by Crippen LogP contribution is -2.68. The number of aryl methyl sites for hydroxylation is 1. The molecule has 2 aliphatic heterocycles. The zero-order valence-electron chi connectivity index (χ0n) is 19.4. The van der Waals surface area contributed by atoms with Crippen molar-refractivity contribution in [2.24, 2.45) is 5.73 Å². The summed E-state index contributed by atoms with van der Waals surface area (Å²) in [6, 6.07) is 7.44. The van der Waals surface area contributed by atoms with Crippen LogP contribution in [0, 0.1) is 0 Å². The van der Waals surface area contributed by atoms with Gasteiger partial charge in [-0.25, -0.2) is 4.79 Å². The van der Waals surface area contributed by atoms with Crippen LogP contribution >= 0.6 is 0 Å². The summed E-state index contributed by atoms with van der Waals surface area (Å²) in [5.41, 5.74) is 6.43. The van der Waals surface area contributed by atoms with E-state index in [-0.39, 0.29) is 38.4 Å². The molecule has 3 rings (SSSR count). The van der Waals surface area contributed by atoms with Crippen LogP contribution in [-0.4, -0.2) is 100 Å². The summed E-state index contributed by atoms with van der Waals surface area (Å²) in [6.07, 6.45) is -1.52. The number of aliphatic hydroxyl groups is 1. The number of piperazine rings is 1. The van der Waals surface area contributed by atoms with Gasteiger partial charge in [-0.05, 0) is 25.3 Å². The van der Waals surface area contributed by atoms with Gasteiger partial charge in [0, 0.05) is 26.1 Å². The molecule has 0 saturated carbocycles. The Morgan fingerprint density at radius 1 is 1.26 bits per heavy atom. The highest BCUT2D eigenvalue weighted by Crippen LogP contribution is 2.30. The van der Waals surface area contributed by atoms with E-state index in [2.05, 4.69) is 10.6 Å². The number of quaternary nitrogens is 1. The molecule has 0 bridgehead atoms. The number of carboxylic acid groups (broad SMARTS) is 1. The van der Waals surface area contributed by atoms with E-state index >= 15 is 0 Å². The minimum atomic E-state index is -1.30. The number of benzene rings is 1. The van der Waals surface area contributed by atoms with Crippen molar-refractivity contribution in [3.8, 4) is 0 Å². The minimum absolute atomic E-state index is 0.0457. The van der Waals surface area contributed by atoms with Crippen molar-refractivity contribution in [2.75, 3.05) is 32.7 Å². The number of nitrogens with zero attached hydrogens (tertiary/aromatic N) is 2. The predicted molar refractivity (Wildman–Crippen MR) is 122 cm³/mol. The first-order chi connectivity index (χ1) is 16.2. The molecular formula is C23H34N5O6+. The van der Waals surface area contributed by atoms with Gasteiger partial charge in [0.25, 0.3) is 0 Å². The summed E-state index contributed by atoms with van der Waals surface area (Å²) >= 11 is 0. The van der Waals surface area contributed by atoms with Crippen LogP contribution in [0.5, 0.6) is 0 Å². The van der Waals surface area contributed by atoms with Gasteiger partial charge in [-0.3, -0.25) is 14.9 Å². The zero-order valence-corrected chi connectivity index (χ0v) is 19.4. The number of carbonyl (C=O) groups excluding carboxylic acids is 3. The Labute approximate surface area is 198 Å². The quantitative estimate of drug-likeness (QED) is 0.314. The van der Waals surface area contributed by atoms with Crippen LogP contribution in [0.3, 0.4) is 0 Å². The Bertz CT molecular complexity index is 912. The van der Waals surface area contributed by atoms with E-state index in [0.717, 1.165) is 5.56 Å². The number of amides is 4. The SMILES string of the molecule is C[C@@H]1C[C@H](NC(=O)[C@H](O)CCc2ccccc2)C[N@+]1(C(=O)O)C(=O)C1CN(C(=O)CN)CCN1. The third-order valence-electron chi connectivity index (χ3n) is 6.82. The van der Waals surface area contributed by atoms with Crippen molar-refractivity contribution in [1.82, 2.24) is 15.5 Å². The second kappa shape index (κ2) is 11.0. The smallest absolute Gasteiger partial charge is 0.435 e. The first kappa shape index (κ1) is 25.8. The highest BCUT2D eigenvalue weighted by molar-refractivity contribution is 5.87. The molecule has 2 heterocycles. The lowest BCUT2D eigenvalue weighted by Gasteiger charge is -2.37. The molecule has 0 radical (unpaired) electrons. The van der Waals surface area contributed by atoms with Crippen LogP contribution < -0.4 is 16.4 Å². The van der Waals surface area contributed by atoms with Crippen LogP contribution in [0.25, 0.3) is 0 Å². The van der Waals surface area contributed by atoms with Crippen molar-refractivity contribution >= 4 is 23.8 Å². The molecule has 11 heteroatoms. The Morgan fingerprint density at radius 3 is 2.62 bits per heavy atom. The molecule has 2 aliphatic rings. The summed E-state index contributed by atoms with van der Waals surface area (Å²) < 4.78 is -0.854. The standard InChI is InChI=1S/C23H33N5O6/c1-15-11-17(26-21(31)19(29)8-7-16-5-3-2-4-6-16)14-28(15,23(33)34)22(32)18-13-27(10-9-25-18)20(30)12-24/h2-6,15,17-19,25,29H,7-14,24H2,1H3,(H-,26,31,33,34)/p+1/t15-,17+,18?,19-,28-/m1/s1. The number of nitrogens with one attached hydrogen (secondary N) is 2. The van der Waals surface area contributed by atoms with E-state index in [9.17, 15) is 29.4 Å². The van der Waals surface area contributed by atoms with E-state index < -0.39 is 46.6 Å². The molecule has 0 spiro atoms. The molecule has 6 N–H and O–H groups in total. The number of likely N-dealkylation sites (tertiary alicyclic amines) is 1. The summed E-state index contributed by atoms with van der Waals surface area (Å²) in [5.74, 6) is -1.44. The van der Waals surface area contributed by atoms with E-state index in [0.29, 0.717) is 19.5 Å². The first-order valence-corrected chi connectivity index (χ1v) is 11.6. The number of hydrogen-bond donors (Lipinski definition) is 5. The summed E-state index contributed by atoms with van der Waals surface area (Å²) in [7, 11) is 0. The topological polar surface area (TPSA) is 162 Å². The van der Waals surface area contributed by atoms with Gasteiger partial charge in [0.15, 0.2) is 0 Å². The maximum Gasteiger partial charge on any atom is 0.521 e. The Balaban J connectivity index is 1.64. The van der Waals surface area contributed by atoms with Gasteiger partial charge in [-0.15, -0.1) is 0 Å². The monoisotopic (exact) mass is 476 g/mol. The molecule has 186 valence electrons. The van der Waals surface area contributed by atoms with Crippen molar-refractivity contribution in [3.05, 3.63) is 35.9 Å². The molecule has 4 amide bonds. The molecule has 1 unspecified atom stereocenters. The van der Waals surface area contributed by atoms with E-state index in [1.807, 2.05) is 30.3 Å². The maximum atomic E-state index is 13.5. The van der Waals surface area contributed by atoms with Gasteiger partial charge in [-0.1, -0.05) is 30.3 Å². The molecule has 0 aromatic heterocycles. The Hall–Kier alpha value is -2.86. The van der Waals surface area contributed by atoms with E-state index in [1.165, 1.54) is 4.90 Å². The molecular weight excluding hydrogens is 442 g/mol. The lowest BCUT2D eigenvalue weighted by atomic mass is 10.1. The van der Waals surface area contributed by atoms with Crippen molar-refractivity contribution < 1.29 is 33.9 Å². The van der Waals surface area contributed by atoms with Gasteiger partial charge in [0.1, 0.15) is 24.7 Å². The number of imide groups is 1. The van der Waals surface area contributed by atoms with Crippen LogP contribution in [-0.2, 0) is 20.8 Å². The summed E-state index contributed by atoms with van der Waals surface area (Å²) in [6.45, 7) is 2.14. The fourth-order valence-corrected chi connectivity index (χ4v) is 4.89. The number of aliphatic hydroxyl groups excluding tert-OH is 1. The molecule has 34 heavy (non-hydrogen) atoms. The number of nitrogens with two attached hydrogens (primary N) is 1. The second-order valence-corrected chi connectivity index (χ2v) is 9.05. The number of rotatable bonds is 7. The van der Waals surface area contributed by atoms with Crippen molar-refractivity contribution in [3.63, 3.8) is 0 Å². The lowest BCUT2D eigenvalue weighted by molar-refractivity contribution is -0.793. The number of carbonyl (C=O) groups is 4. The molecule has 1 aromatic rings. The molecule has 2 fully saturated rings. The third-order valence-corrected chi connectivity index (χ3v) is 6.82. The third kappa shape index (κ3) is 5.44. The summed E-state index contributed by atoms with van der Waals surface area (Å²) in [5, 5.41) is 26.1. The van der Waals surface area contributed by atoms with Gasteiger partial charge in [0.05, 0.1) is 12.6 Å². The minimum Gasteiger partial charge on any atom is -0.435 e. The molecule has 5 atom stereocenters.